The maximum absolute atomic E-state index is 13.3. The third-order valence-corrected chi connectivity index (χ3v) is 6.97. The zero-order chi connectivity index (χ0) is 26.9. The van der Waals surface area contributed by atoms with Crippen molar-refractivity contribution in [3.05, 3.63) is 29.3 Å². The van der Waals surface area contributed by atoms with Gasteiger partial charge in [-0.2, -0.15) is 0 Å². The quantitative estimate of drug-likeness (QED) is 0.220. The molecule has 1 aromatic carbocycles. The van der Waals surface area contributed by atoms with Crippen LogP contribution in [0, 0.1) is 0 Å². The summed E-state index contributed by atoms with van der Waals surface area (Å²) in [5.74, 6) is -1.99. The summed E-state index contributed by atoms with van der Waals surface area (Å²) in [6.07, 6.45) is 2.00. The van der Waals surface area contributed by atoms with Gasteiger partial charge in [-0.3, -0.25) is 29.4 Å². The second kappa shape index (κ2) is 13.8. The van der Waals surface area contributed by atoms with Gasteiger partial charge in [0.25, 0.3) is 11.8 Å². The number of rotatable bonds is 14. The van der Waals surface area contributed by atoms with E-state index in [1.807, 2.05) is 0 Å². The van der Waals surface area contributed by atoms with Gasteiger partial charge in [0.05, 0.1) is 50.8 Å². The lowest BCUT2D eigenvalue weighted by molar-refractivity contribution is -0.136. The average molecular weight is 532 g/mol. The number of benzene rings is 1. The lowest BCUT2D eigenvalue weighted by Gasteiger charge is -2.33. The Morgan fingerprint density at radius 3 is 2.26 bits per heavy atom. The van der Waals surface area contributed by atoms with Crippen LogP contribution in [0.15, 0.2) is 18.2 Å². The molecule has 3 aliphatic rings. The molecule has 1 aromatic rings. The van der Waals surface area contributed by atoms with Crippen molar-refractivity contribution in [2.24, 2.45) is 5.73 Å². The standard InChI is InChI=1S/C26H37N5O7/c27-8-12-36-14-16-38-17-15-37-13-11-30-9-6-18(7-10-30)28-20-3-1-2-19-23(20)26(35)31(25(19)34)21-4-5-22(32)29-24(21)33/h1-3,18,21,28H,4-17,27H2,(H,29,32,33). The second-order valence-corrected chi connectivity index (χ2v) is 9.56. The Morgan fingerprint density at radius 1 is 0.895 bits per heavy atom. The summed E-state index contributed by atoms with van der Waals surface area (Å²) in [7, 11) is 0. The van der Waals surface area contributed by atoms with E-state index in [-0.39, 0.29) is 24.4 Å². The summed E-state index contributed by atoms with van der Waals surface area (Å²) >= 11 is 0. The minimum Gasteiger partial charge on any atom is -0.382 e. The number of piperidine rings is 2. The van der Waals surface area contributed by atoms with E-state index >= 15 is 0 Å². The van der Waals surface area contributed by atoms with Crippen molar-refractivity contribution in [2.45, 2.75) is 37.8 Å². The molecular weight excluding hydrogens is 494 g/mol. The van der Waals surface area contributed by atoms with Crippen molar-refractivity contribution >= 4 is 29.3 Å². The molecule has 0 bridgehead atoms. The first kappa shape index (κ1) is 28.1. The van der Waals surface area contributed by atoms with E-state index in [0.717, 1.165) is 37.4 Å². The number of nitrogens with one attached hydrogen (secondary N) is 2. The minimum atomic E-state index is -0.972. The molecule has 38 heavy (non-hydrogen) atoms. The van der Waals surface area contributed by atoms with Crippen LogP contribution in [-0.4, -0.2) is 111 Å². The maximum Gasteiger partial charge on any atom is 0.264 e. The predicted molar refractivity (Wildman–Crippen MR) is 138 cm³/mol. The Kier molecular flexibility index (Phi) is 10.2. The Morgan fingerprint density at radius 2 is 1.58 bits per heavy atom. The fourth-order valence-corrected chi connectivity index (χ4v) is 4.97. The molecule has 2 fully saturated rings. The number of hydrogen-bond donors (Lipinski definition) is 3. The van der Waals surface area contributed by atoms with Crippen LogP contribution in [0.5, 0.6) is 0 Å². The van der Waals surface area contributed by atoms with Gasteiger partial charge < -0.3 is 30.2 Å². The first-order chi connectivity index (χ1) is 18.5. The number of likely N-dealkylation sites (tertiary alicyclic amines) is 1. The molecule has 0 saturated carbocycles. The van der Waals surface area contributed by atoms with Gasteiger partial charge in [-0.25, -0.2) is 0 Å². The number of carbonyl (C=O) groups excluding carboxylic acids is 4. The highest BCUT2D eigenvalue weighted by Crippen LogP contribution is 2.33. The maximum atomic E-state index is 13.3. The molecule has 0 aliphatic carbocycles. The number of amides is 4. The van der Waals surface area contributed by atoms with E-state index in [0.29, 0.717) is 57.4 Å². The number of imide groups is 2. The number of ether oxygens (including phenoxy) is 3. The summed E-state index contributed by atoms with van der Waals surface area (Å²) in [5.41, 5.74) is 6.54. The first-order valence-electron chi connectivity index (χ1n) is 13.3. The van der Waals surface area contributed by atoms with Crippen LogP contribution in [0.25, 0.3) is 0 Å². The molecular formula is C26H37N5O7. The van der Waals surface area contributed by atoms with Crippen molar-refractivity contribution in [3.8, 4) is 0 Å². The van der Waals surface area contributed by atoms with Crippen molar-refractivity contribution < 1.29 is 33.4 Å². The summed E-state index contributed by atoms with van der Waals surface area (Å²) in [6, 6.07) is 4.32. The summed E-state index contributed by atoms with van der Waals surface area (Å²) in [5, 5.41) is 5.68. The van der Waals surface area contributed by atoms with Gasteiger partial charge in [0.1, 0.15) is 6.04 Å². The van der Waals surface area contributed by atoms with Gasteiger partial charge in [0.15, 0.2) is 0 Å². The van der Waals surface area contributed by atoms with Gasteiger partial charge in [0.2, 0.25) is 11.8 Å². The van der Waals surface area contributed by atoms with E-state index in [1.54, 1.807) is 18.2 Å². The molecule has 2 saturated heterocycles. The number of carbonyl (C=O) groups is 4. The van der Waals surface area contributed by atoms with Crippen LogP contribution < -0.4 is 16.4 Å². The molecule has 1 atom stereocenters. The molecule has 0 aromatic heterocycles. The molecule has 12 heteroatoms. The lowest BCUT2D eigenvalue weighted by atomic mass is 10.0. The normalized spacial score (nSPS) is 20.7. The van der Waals surface area contributed by atoms with Crippen molar-refractivity contribution in [3.63, 3.8) is 0 Å². The highest BCUT2D eigenvalue weighted by Gasteiger charge is 2.45. The number of fused-ring (bicyclic) bond motifs is 1. The molecule has 4 amide bonds. The van der Waals surface area contributed by atoms with Gasteiger partial charge in [-0.05, 0) is 31.4 Å². The van der Waals surface area contributed by atoms with Crippen LogP contribution in [-0.2, 0) is 23.8 Å². The first-order valence-corrected chi connectivity index (χ1v) is 13.3. The molecule has 4 N–H and O–H groups in total. The fraction of sp³-hybridized carbons (Fsp3) is 0.615. The van der Waals surface area contributed by atoms with E-state index < -0.39 is 29.7 Å². The molecule has 4 rings (SSSR count). The molecule has 1 unspecified atom stereocenters. The van der Waals surface area contributed by atoms with E-state index in [1.165, 1.54) is 0 Å². The van der Waals surface area contributed by atoms with Crippen LogP contribution in [0.1, 0.15) is 46.4 Å². The minimum absolute atomic E-state index is 0.0946. The Hall–Kier alpha value is -2.90. The zero-order valence-electron chi connectivity index (χ0n) is 21.6. The predicted octanol–water partition coefficient (Wildman–Crippen LogP) is -0.0274. The molecule has 3 aliphatic heterocycles. The average Bonchev–Trinajstić information content (AvgIpc) is 3.16. The van der Waals surface area contributed by atoms with E-state index in [4.69, 9.17) is 19.9 Å². The molecule has 0 spiro atoms. The SMILES string of the molecule is NCCOCCOCCOCCN1CCC(Nc2cccc3c2C(=O)N(C2CCC(=O)NC2=O)C3=O)CC1. The highest BCUT2D eigenvalue weighted by atomic mass is 16.5. The summed E-state index contributed by atoms with van der Waals surface area (Å²) in [4.78, 5) is 53.5. The number of nitrogens with two attached hydrogens (primary N) is 1. The molecule has 12 nitrogen and oxygen atoms in total. The Bertz CT molecular complexity index is 1010. The van der Waals surface area contributed by atoms with Gasteiger partial charge >= 0.3 is 0 Å². The van der Waals surface area contributed by atoms with Crippen LogP contribution >= 0.6 is 0 Å². The number of nitrogens with zero attached hydrogens (tertiary/aromatic N) is 2. The van der Waals surface area contributed by atoms with Crippen molar-refractivity contribution in [2.75, 3.05) is 71.1 Å². The third-order valence-electron chi connectivity index (χ3n) is 6.97. The molecule has 3 heterocycles. The highest BCUT2D eigenvalue weighted by molar-refractivity contribution is 6.25. The number of anilines is 1. The van der Waals surface area contributed by atoms with E-state index in [2.05, 4.69) is 15.5 Å². The lowest BCUT2D eigenvalue weighted by Crippen LogP contribution is -2.54. The third kappa shape index (κ3) is 6.94. The van der Waals surface area contributed by atoms with Crippen LogP contribution in [0.2, 0.25) is 0 Å². The Balaban J connectivity index is 1.20. The summed E-state index contributed by atoms with van der Waals surface area (Å²) in [6.45, 7) is 6.43. The smallest absolute Gasteiger partial charge is 0.264 e. The van der Waals surface area contributed by atoms with Crippen molar-refractivity contribution in [1.29, 1.82) is 0 Å². The second-order valence-electron chi connectivity index (χ2n) is 9.56. The topological polar surface area (TPSA) is 153 Å². The summed E-state index contributed by atoms with van der Waals surface area (Å²) < 4.78 is 16.4. The van der Waals surface area contributed by atoms with Crippen LogP contribution in [0.4, 0.5) is 5.69 Å². The molecule has 208 valence electrons. The van der Waals surface area contributed by atoms with Crippen molar-refractivity contribution in [1.82, 2.24) is 15.1 Å². The monoisotopic (exact) mass is 531 g/mol. The molecule has 0 radical (unpaired) electrons. The van der Waals surface area contributed by atoms with Gasteiger partial charge in [-0.15, -0.1) is 0 Å². The fourth-order valence-electron chi connectivity index (χ4n) is 4.97. The van der Waals surface area contributed by atoms with Gasteiger partial charge in [-0.1, -0.05) is 6.07 Å². The van der Waals surface area contributed by atoms with Crippen LogP contribution in [0.3, 0.4) is 0 Å². The zero-order valence-corrected chi connectivity index (χ0v) is 21.6. The van der Waals surface area contributed by atoms with E-state index in [9.17, 15) is 19.2 Å². The largest absolute Gasteiger partial charge is 0.382 e. The number of hydrogen-bond acceptors (Lipinski definition) is 10. The Labute approximate surface area is 222 Å². The van der Waals surface area contributed by atoms with Gasteiger partial charge in [0, 0.05) is 44.3 Å².